The second kappa shape index (κ2) is 9.56. The third-order valence-electron chi connectivity index (χ3n) is 6.93. The lowest BCUT2D eigenvalue weighted by Crippen LogP contribution is -2.32. The highest BCUT2D eigenvalue weighted by molar-refractivity contribution is 6.34. The molecule has 188 valence electrons. The summed E-state index contributed by atoms with van der Waals surface area (Å²) in [7, 11) is 0. The molecule has 4 aromatic rings. The zero-order chi connectivity index (χ0) is 27.1. The third-order valence-corrected chi connectivity index (χ3v) is 6.93. The molecule has 0 radical (unpaired) electrons. The first-order valence-corrected chi connectivity index (χ1v) is 12.3. The van der Waals surface area contributed by atoms with E-state index in [1.54, 1.807) is 36.4 Å². The van der Waals surface area contributed by atoms with Crippen molar-refractivity contribution in [2.75, 3.05) is 9.80 Å². The molecule has 0 N–H and O–H groups in total. The van der Waals surface area contributed by atoms with E-state index in [4.69, 9.17) is 0 Å². The molecule has 0 unspecified atom stereocenters. The number of carbonyl (C=O) groups excluding carboxylic acids is 4. The summed E-state index contributed by atoms with van der Waals surface area (Å²) in [5, 5.41) is 0. The largest absolute Gasteiger partial charge is 0.274 e. The molecule has 0 saturated carbocycles. The standard InChI is InChI=1S/C32H26N2O4/c1-19-17-29-30(18-20(19)2)32(38)34(31(29)37)28-15-11-26(12-16-28)24-7-5-23(6-8-24)25-9-13-27(14-10-25)33(21(3)35)22(4)36/h5-18H,1-4H3. The van der Waals surface area contributed by atoms with Crippen LogP contribution >= 0.6 is 0 Å². The normalized spacial score (nSPS) is 12.5. The fourth-order valence-corrected chi connectivity index (χ4v) is 4.78. The van der Waals surface area contributed by atoms with Crippen LogP contribution < -0.4 is 9.80 Å². The maximum atomic E-state index is 13.0. The van der Waals surface area contributed by atoms with E-state index in [1.807, 2.05) is 62.4 Å². The average Bonchev–Trinajstić information content (AvgIpc) is 3.13. The molecule has 1 heterocycles. The molecule has 38 heavy (non-hydrogen) atoms. The summed E-state index contributed by atoms with van der Waals surface area (Å²) in [6, 6.07) is 26.2. The van der Waals surface area contributed by atoms with Gasteiger partial charge >= 0.3 is 0 Å². The minimum Gasteiger partial charge on any atom is -0.274 e. The number of fused-ring (bicyclic) bond motifs is 1. The summed E-state index contributed by atoms with van der Waals surface area (Å²) in [5.41, 5.74) is 7.83. The summed E-state index contributed by atoms with van der Waals surface area (Å²) in [5.74, 6) is -1.25. The van der Waals surface area contributed by atoms with Gasteiger partial charge in [0.1, 0.15) is 0 Å². The van der Waals surface area contributed by atoms with Crippen LogP contribution in [-0.4, -0.2) is 23.6 Å². The van der Waals surface area contributed by atoms with E-state index in [-0.39, 0.29) is 23.6 Å². The van der Waals surface area contributed by atoms with Crippen molar-refractivity contribution in [2.24, 2.45) is 0 Å². The van der Waals surface area contributed by atoms with E-state index in [9.17, 15) is 19.2 Å². The van der Waals surface area contributed by atoms with Gasteiger partial charge in [0, 0.05) is 13.8 Å². The van der Waals surface area contributed by atoms with Crippen LogP contribution in [0.5, 0.6) is 0 Å². The van der Waals surface area contributed by atoms with Gasteiger partial charge in [-0.05, 0) is 83.6 Å². The molecule has 0 saturated heterocycles. The van der Waals surface area contributed by atoms with E-state index < -0.39 is 0 Å². The van der Waals surface area contributed by atoms with Crippen LogP contribution in [0.2, 0.25) is 0 Å². The van der Waals surface area contributed by atoms with E-state index in [0.717, 1.165) is 38.3 Å². The zero-order valence-corrected chi connectivity index (χ0v) is 21.6. The number of aryl methyl sites for hydroxylation is 2. The van der Waals surface area contributed by atoms with Crippen molar-refractivity contribution >= 4 is 35.0 Å². The molecule has 0 aliphatic carbocycles. The summed E-state index contributed by atoms with van der Waals surface area (Å²) in [4.78, 5) is 51.9. The van der Waals surface area contributed by atoms with Crippen LogP contribution in [0.4, 0.5) is 11.4 Å². The Balaban J connectivity index is 1.34. The van der Waals surface area contributed by atoms with Gasteiger partial charge in [-0.15, -0.1) is 0 Å². The first-order chi connectivity index (χ1) is 18.2. The Morgan fingerprint density at radius 2 is 0.921 bits per heavy atom. The van der Waals surface area contributed by atoms with Gasteiger partial charge in [-0.1, -0.05) is 48.5 Å². The van der Waals surface area contributed by atoms with Crippen molar-refractivity contribution in [3.63, 3.8) is 0 Å². The lowest BCUT2D eigenvalue weighted by Gasteiger charge is -2.17. The lowest BCUT2D eigenvalue weighted by atomic mass is 10.00. The second-order valence-corrected chi connectivity index (χ2v) is 9.47. The van der Waals surface area contributed by atoms with Crippen molar-refractivity contribution in [3.8, 4) is 22.3 Å². The van der Waals surface area contributed by atoms with Crippen LogP contribution in [0.15, 0.2) is 84.9 Å². The molecule has 6 nitrogen and oxygen atoms in total. The summed E-state index contributed by atoms with van der Waals surface area (Å²) < 4.78 is 0. The van der Waals surface area contributed by atoms with Crippen LogP contribution in [0.1, 0.15) is 45.7 Å². The third kappa shape index (κ3) is 4.30. The van der Waals surface area contributed by atoms with Crippen molar-refractivity contribution in [1.82, 2.24) is 0 Å². The number of nitrogens with zero attached hydrogens (tertiary/aromatic N) is 2. The summed E-state index contributed by atoms with van der Waals surface area (Å²) in [6.07, 6.45) is 0. The number of imide groups is 2. The fourth-order valence-electron chi connectivity index (χ4n) is 4.78. The fraction of sp³-hybridized carbons (Fsp3) is 0.125. The number of hydrogen-bond donors (Lipinski definition) is 0. The average molecular weight is 503 g/mol. The van der Waals surface area contributed by atoms with E-state index in [1.165, 1.54) is 18.7 Å². The number of amides is 4. The molecule has 0 bridgehead atoms. The number of hydrogen-bond acceptors (Lipinski definition) is 4. The van der Waals surface area contributed by atoms with E-state index >= 15 is 0 Å². The zero-order valence-electron chi connectivity index (χ0n) is 21.6. The molecule has 4 aromatic carbocycles. The van der Waals surface area contributed by atoms with Crippen LogP contribution in [0, 0.1) is 13.8 Å². The monoisotopic (exact) mass is 502 g/mol. The van der Waals surface area contributed by atoms with Gasteiger partial charge in [0.2, 0.25) is 11.8 Å². The van der Waals surface area contributed by atoms with Gasteiger partial charge in [0.25, 0.3) is 11.8 Å². The summed E-state index contributed by atoms with van der Waals surface area (Å²) in [6.45, 7) is 6.59. The molecule has 6 heteroatoms. The predicted molar refractivity (Wildman–Crippen MR) is 148 cm³/mol. The van der Waals surface area contributed by atoms with Crippen LogP contribution in [0.25, 0.3) is 22.3 Å². The number of anilines is 2. The Morgan fingerprint density at radius 1 is 0.579 bits per heavy atom. The maximum absolute atomic E-state index is 13.0. The Bertz CT molecular complexity index is 1550. The Morgan fingerprint density at radius 3 is 1.29 bits per heavy atom. The lowest BCUT2D eigenvalue weighted by molar-refractivity contribution is -0.124. The predicted octanol–water partition coefficient (Wildman–Crippen LogP) is 6.34. The molecule has 0 aromatic heterocycles. The summed E-state index contributed by atoms with van der Waals surface area (Å²) >= 11 is 0. The van der Waals surface area contributed by atoms with Gasteiger partial charge < -0.3 is 0 Å². The van der Waals surface area contributed by atoms with Crippen molar-refractivity contribution in [1.29, 1.82) is 0 Å². The molecular formula is C32H26N2O4. The molecule has 5 rings (SSSR count). The first-order valence-electron chi connectivity index (χ1n) is 12.3. The van der Waals surface area contributed by atoms with E-state index in [0.29, 0.717) is 22.5 Å². The minimum atomic E-state index is -0.325. The highest BCUT2D eigenvalue weighted by Gasteiger charge is 2.37. The van der Waals surface area contributed by atoms with Gasteiger partial charge in [0.15, 0.2) is 0 Å². The maximum Gasteiger partial charge on any atom is 0.266 e. The van der Waals surface area contributed by atoms with Crippen molar-refractivity contribution in [3.05, 3.63) is 107 Å². The van der Waals surface area contributed by atoms with Crippen molar-refractivity contribution < 1.29 is 19.2 Å². The molecule has 1 aliphatic heterocycles. The molecule has 1 aliphatic rings. The Hall–Kier alpha value is -4.84. The highest BCUT2D eigenvalue weighted by atomic mass is 16.2. The van der Waals surface area contributed by atoms with Gasteiger partial charge in [-0.25, -0.2) is 4.90 Å². The quantitative estimate of drug-likeness (QED) is 0.305. The minimum absolute atomic E-state index is 0.300. The van der Waals surface area contributed by atoms with Gasteiger partial charge in [0.05, 0.1) is 22.5 Å². The molecule has 4 amide bonds. The number of benzene rings is 4. The molecule has 0 atom stereocenters. The first kappa shape index (κ1) is 24.8. The molecule has 0 fully saturated rings. The second-order valence-electron chi connectivity index (χ2n) is 9.47. The number of rotatable bonds is 4. The Labute approximate surface area is 221 Å². The van der Waals surface area contributed by atoms with E-state index in [2.05, 4.69) is 0 Å². The van der Waals surface area contributed by atoms with Gasteiger partial charge in [-0.2, -0.15) is 0 Å². The Kier molecular flexibility index (Phi) is 6.25. The number of carbonyl (C=O) groups is 4. The van der Waals surface area contributed by atoms with Crippen LogP contribution in [-0.2, 0) is 9.59 Å². The van der Waals surface area contributed by atoms with Gasteiger partial charge in [-0.3, -0.25) is 24.1 Å². The molecular weight excluding hydrogens is 476 g/mol. The SMILES string of the molecule is CC(=O)N(C(C)=O)c1ccc(-c2ccc(-c3ccc(N4C(=O)c5cc(C)c(C)cc5C4=O)cc3)cc2)cc1. The molecule has 0 spiro atoms. The smallest absolute Gasteiger partial charge is 0.266 e. The van der Waals surface area contributed by atoms with Crippen LogP contribution in [0.3, 0.4) is 0 Å². The highest BCUT2D eigenvalue weighted by Crippen LogP contribution is 2.32. The van der Waals surface area contributed by atoms with Crippen molar-refractivity contribution in [2.45, 2.75) is 27.7 Å². The topological polar surface area (TPSA) is 74.8 Å².